The summed E-state index contributed by atoms with van der Waals surface area (Å²) in [4.78, 5) is 26.6. The van der Waals surface area contributed by atoms with Crippen molar-refractivity contribution in [1.82, 2.24) is 4.90 Å². The van der Waals surface area contributed by atoms with Gasteiger partial charge in [0.1, 0.15) is 23.1 Å². The number of nitrogens with zero attached hydrogens (tertiary/aromatic N) is 2. The zero-order chi connectivity index (χ0) is 21.7. The van der Waals surface area contributed by atoms with Crippen molar-refractivity contribution >= 4 is 29.1 Å². The van der Waals surface area contributed by atoms with Gasteiger partial charge in [0.05, 0.1) is 16.3 Å². The molecule has 0 fully saturated rings. The first-order chi connectivity index (χ1) is 14.4. The van der Waals surface area contributed by atoms with Crippen molar-refractivity contribution in [2.75, 3.05) is 19.4 Å². The first kappa shape index (κ1) is 20.9. The van der Waals surface area contributed by atoms with E-state index in [4.69, 9.17) is 16.3 Å². The van der Waals surface area contributed by atoms with Gasteiger partial charge in [0, 0.05) is 19.7 Å². The molecule has 0 spiro atoms. The van der Waals surface area contributed by atoms with Gasteiger partial charge in [-0.3, -0.25) is 9.59 Å². The molecule has 0 aliphatic carbocycles. The van der Waals surface area contributed by atoms with Crippen LogP contribution in [0.2, 0.25) is 5.02 Å². The van der Waals surface area contributed by atoms with Crippen molar-refractivity contribution < 1.29 is 14.3 Å². The average Bonchev–Trinajstić information content (AvgIpc) is 2.74. The number of ether oxygens (including phenoxy) is 1. The lowest BCUT2D eigenvalue weighted by Crippen LogP contribution is -2.24. The lowest BCUT2D eigenvalue weighted by molar-refractivity contribution is 0.0828. The van der Waals surface area contributed by atoms with Crippen LogP contribution < -0.4 is 10.1 Å². The van der Waals surface area contributed by atoms with Crippen LogP contribution in [-0.2, 0) is 0 Å². The van der Waals surface area contributed by atoms with Crippen LogP contribution in [0.15, 0.2) is 66.7 Å². The third-order valence-electron chi connectivity index (χ3n) is 4.22. The molecule has 1 N–H and O–H groups in total. The number of benzene rings is 3. The van der Waals surface area contributed by atoms with E-state index in [9.17, 15) is 14.9 Å². The molecular weight excluding hydrogens is 402 g/mol. The summed E-state index contributed by atoms with van der Waals surface area (Å²) in [5.41, 5.74) is 1.35. The fraction of sp³-hybridized carbons (Fsp3) is 0.0870. The number of carbonyl (C=O) groups is 2. The number of rotatable bonds is 5. The largest absolute Gasteiger partial charge is 0.456 e. The summed E-state index contributed by atoms with van der Waals surface area (Å²) >= 11 is 6.03. The van der Waals surface area contributed by atoms with Gasteiger partial charge in [-0.05, 0) is 42.5 Å². The Kier molecular flexibility index (Phi) is 6.35. The number of nitriles is 1. The quantitative estimate of drug-likeness (QED) is 0.633. The van der Waals surface area contributed by atoms with E-state index in [2.05, 4.69) is 5.32 Å². The zero-order valence-electron chi connectivity index (χ0n) is 16.3. The maximum absolute atomic E-state index is 12.8. The number of halogens is 1. The molecule has 7 heteroatoms. The van der Waals surface area contributed by atoms with E-state index in [1.54, 1.807) is 80.8 Å². The maximum Gasteiger partial charge on any atom is 0.255 e. The minimum atomic E-state index is -0.397. The summed E-state index contributed by atoms with van der Waals surface area (Å²) in [6.07, 6.45) is 0. The molecule has 0 atom stereocenters. The molecule has 3 rings (SSSR count). The number of hydrogen-bond donors (Lipinski definition) is 1. The smallest absolute Gasteiger partial charge is 0.255 e. The first-order valence-corrected chi connectivity index (χ1v) is 9.37. The maximum atomic E-state index is 12.8. The predicted molar refractivity (Wildman–Crippen MR) is 115 cm³/mol. The van der Waals surface area contributed by atoms with Crippen molar-refractivity contribution in [3.8, 4) is 17.6 Å². The monoisotopic (exact) mass is 419 g/mol. The number of carbonyl (C=O) groups excluding carboxylic acids is 2. The molecule has 30 heavy (non-hydrogen) atoms. The first-order valence-electron chi connectivity index (χ1n) is 8.99. The van der Waals surface area contributed by atoms with E-state index >= 15 is 0 Å². The van der Waals surface area contributed by atoms with Gasteiger partial charge in [-0.25, -0.2) is 0 Å². The SMILES string of the molecule is CN(C)C(=O)c1ccccc1NC(=O)c1cccc(Oc2cccc(Cl)c2C#N)c1. The van der Waals surface area contributed by atoms with Crippen LogP contribution in [0.5, 0.6) is 11.5 Å². The normalized spacial score (nSPS) is 10.1. The minimum absolute atomic E-state index is 0.213. The van der Waals surface area contributed by atoms with Crippen LogP contribution in [0.25, 0.3) is 0 Å². The van der Waals surface area contributed by atoms with Crippen LogP contribution in [0.4, 0.5) is 5.69 Å². The molecule has 0 radical (unpaired) electrons. The van der Waals surface area contributed by atoms with Crippen molar-refractivity contribution in [2.45, 2.75) is 0 Å². The lowest BCUT2D eigenvalue weighted by Gasteiger charge is -2.15. The average molecular weight is 420 g/mol. The number of nitrogens with one attached hydrogen (secondary N) is 1. The van der Waals surface area contributed by atoms with E-state index in [-0.39, 0.29) is 16.5 Å². The number of para-hydroxylation sites is 1. The Morgan fingerprint density at radius 1 is 1.03 bits per heavy atom. The molecule has 0 aromatic heterocycles. The Labute approximate surface area is 179 Å². The van der Waals surface area contributed by atoms with Crippen molar-refractivity contribution in [1.29, 1.82) is 5.26 Å². The topological polar surface area (TPSA) is 82.4 Å². The van der Waals surface area contributed by atoms with Crippen LogP contribution >= 0.6 is 11.6 Å². The molecule has 150 valence electrons. The number of anilines is 1. The molecule has 0 saturated carbocycles. The summed E-state index contributed by atoms with van der Waals surface area (Å²) in [6.45, 7) is 0. The second kappa shape index (κ2) is 9.12. The van der Waals surface area contributed by atoms with Gasteiger partial charge in [-0.2, -0.15) is 5.26 Å². The molecule has 3 aromatic carbocycles. The zero-order valence-corrected chi connectivity index (χ0v) is 17.1. The van der Waals surface area contributed by atoms with Gasteiger partial charge in [0.25, 0.3) is 11.8 Å². The summed E-state index contributed by atoms with van der Waals surface area (Å²) in [5, 5.41) is 12.3. The summed E-state index contributed by atoms with van der Waals surface area (Å²) in [5.74, 6) is 0.0579. The highest BCUT2D eigenvalue weighted by molar-refractivity contribution is 6.32. The highest BCUT2D eigenvalue weighted by Crippen LogP contribution is 2.30. The fourth-order valence-corrected chi connectivity index (χ4v) is 2.95. The van der Waals surface area contributed by atoms with Crippen molar-refractivity contribution in [2.24, 2.45) is 0 Å². The molecule has 0 aliphatic rings. The number of hydrogen-bond acceptors (Lipinski definition) is 4. The second-order valence-corrected chi connectivity index (χ2v) is 6.96. The van der Waals surface area contributed by atoms with E-state index in [0.29, 0.717) is 28.3 Å². The highest BCUT2D eigenvalue weighted by atomic mass is 35.5. The van der Waals surface area contributed by atoms with Gasteiger partial charge in [-0.1, -0.05) is 35.9 Å². The van der Waals surface area contributed by atoms with Crippen molar-refractivity contribution in [3.05, 3.63) is 88.4 Å². The lowest BCUT2D eigenvalue weighted by atomic mass is 10.1. The fourth-order valence-electron chi connectivity index (χ4n) is 2.74. The Morgan fingerprint density at radius 3 is 2.50 bits per heavy atom. The van der Waals surface area contributed by atoms with Crippen molar-refractivity contribution in [3.63, 3.8) is 0 Å². The standard InChI is InChI=1S/C23H18ClN3O3/c1-27(2)23(29)17-9-3-4-11-20(17)26-22(28)15-7-5-8-16(13-15)30-21-12-6-10-19(24)18(21)14-25/h3-13H,1-2H3,(H,26,28). The Bertz CT molecular complexity index is 1150. The van der Waals surface area contributed by atoms with Gasteiger partial charge in [0.15, 0.2) is 0 Å². The van der Waals surface area contributed by atoms with E-state index < -0.39 is 5.91 Å². The van der Waals surface area contributed by atoms with Crippen LogP contribution in [0, 0.1) is 11.3 Å². The Morgan fingerprint density at radius 2 is 1.77 bits per heavy atom. The van der Waals surface area contributed by atoms with Crippen LogP contribution in [-0.4, -0.2) is 30.8 Å². The molecule has 0 aliphatic heterocycles. The van der Waals surface area contributed by atoms with E-state index in [1.165, 1.54) is 4.90 Å². The molecule has 3 aromatic rings. The van der Waals surface area contributed by atoms with Gasteiger partial charge < -0.3 is 15.0 Å². The highest BCUT2D eigenvalue weighted by Gasteiger charge is 2.16. The Hall–Kier alpha value is -3.82. The minimum Gasteiger partial charge on any atom is -0.456 e. The predicted octanol–water partition coefficient (Wildman–Crippen LogP) is 4.96. The molecule has 0 heterocycles. The molecule has 0 saturated heterocycles. The van der Waals surface area contributed by atoms with Gasteiger partial charge in [0.2, 0.25) is 0 Å². The molecule has 0 bridgehead atoms. The van der Waals surface area contributed by atoms with Crippen LogP contribution in [0.1, 0.15) is 26.3 Å². The van der Waals surface area contributed by atoms with Crippen LogP contribution in [0.3, 0.4) is 0 Å². The van der Waals surface area contributed by atoms with Gasteiger partial charge >= 0.3 is 0 Å². The summed E-state index contributed by atoms with van der Waals surface area (Å²) in [6, 6.07) is 20.2. The number of amides is 2. The molecule has 6 nitrogen and oxygen atoms in total. The third kappa shape index (κ3) is 4.59. The summed E-state index contributed by atoms with van der Waals surface area (Å²) < 4.78 is 5.77. The van der Waals surface area contributed by atoms with Gasteiger partial charge in [-0.15, -0.1) is 0 Å². The third-order valence-corrected chi connectivity index (χ3v) is 4.54. The van der Waals surface area contributed by atoms with E-state index in [0.717, 1.165) is 0 Å². The molecule has 0 unspecified atom stereocenters. The summed E-state index contributed by atoms with van der Waals surface area (Å²) in [7, 11) is 3.29. The molecule has 2 amide bonds. The van der Waals surface area contributed by atoms with E-state index in [1.807, 2.05) is 6.07 Å². The Balaban J connectivity index is 1.84. The second-order valence-electron chi connectivity index (χ2n) is 6.55. The molecular formula is C23H18ClN3O3.